The van der Waals surface area contributed by atoms with Crippen molar-refractivity contribution in [3.63, 3.8) is 0 Å². The third kappa shape index (κ3) is 12.3. The Morgan fingerprint density at radius 1 is 0.718 bits per heavy atom. The SMILES string of the molecule is C=C/C=C\[C@H](C)[C@H](O[Si](C)(C)C)[C@@H](C)[C@@H](CC[C@H](C)C[C@H](C)[C@@H](C)[C@@H](C)OC)O[Si](C(C)C)(C(C)C)C(C)C. The highest BCUT2D eigenvalue weighted by Gasteiger charge is 2.48. The number of allylic oxidation sites excluding steroid dienone is 2. The first kappa shape index (κ1) is 38.8. The lowest BCUT2D eigenvalue weighted by Crippen LogP contribution is -2.53. The molecule has 0 spiro atoms. The Kier molecular flexibility index (Phi) is 17.6. The molecule has 0 aromatic carbocycles. The van der Waals surface area contributed by atoms with Crippen LogP contribution in [0.3, 0.4) is 0 Å². The zero-order valence-electron chi connectivity index (χ0n) is 29.1. The quantitative estimate of drug-likeness (QED) is 0.105. The van der Waals surface area contributed by atoms with Crippen molar-refractivity contribution >= 4 is 16.6 Å². The summed E-state index contributed by atoms with van der Waals surface area (Å²) in [6, 6.07) is 0. The van der Waals surface area contributed by atoms with E-state index in [-0.39, 0.29) is 12.2 Å². The molecule has 0 bridgehead atoms. The van der Waals surface area contributed by atoms with E-state index in [4.69, 9.17) is 13.6 Å². The van der Waals surface area contributed by atoms with E-state index in [9.17, 15) is 0 Å². The summed E-state index contributed by atoms with van der Waals surface area (Å²) in [4.78, 5) is 0. The molecule has 0 heterocycles. The van der Waals surface area contributed by atoms with E-state index in [0.717, 1.165) is 6.42 Å². The topological polar surface area (TPSA) is 27.7 Å². The van der Waals surface area contributed by atoms with Crippen LogP contribution in [0.4, 0.5) is 0 Å². The number of methoxy groups -OCH3 is 1. The van der Waals surface area contributed by atoms with Gasteiger partial charge in [-0.1, -0.05) is 101 Å². The van der Waals surface area contributed by atoms with Gasteiger partial charge in [0.2, 0.25) is 8.32 Å². The molecule has 0 saturated heterocycles. The first-order valence-corrected chi connectivity index (χ1v) is 21.6. The van der Waals surface area contributed by atoms with E-state index in [1.807, 2.05) is 13.2 Å². The Hall–Kier alpha value is -0.206. The second-order valence-corrected chi connectivity index (χ2v) is 24.6. The molecule has 0 aliphatic rings. The van der Waals surface area contributed by atoms with Crippen molar-refractivity contribution in [2.24, 2.45) is 29.6 Å². The van der Waals surface area contributed by atoms with E-state index in [0.29, 0.717) is 52.3 Å². The molecule has 0 aliphatic carbocycles. The van der Waals surface area contributed by atoms with Crippen LogP contribution in [0.5, 0.6) is 0 Å². The van der Waals surface area contributed by atoms with Gasteiger partial charge in [-0.2, -0.15) is 0 Å². The monoisotopic (exact) mass is 582 g/mol. The van der Waals surface area contributed by atoms with Crippen LogP contribution in [0.15, 0.2) is 24.8 Å². The van der Waals surface area contributed by atoms with Crippen LogP contribution in [-0.2, 0) is 13.6 Å². The summed E-state index contributed by atoms with van der Waals surface area (Å²) in [5, 5.41) is 0. The van der Waals surface area contributed by atoms with Gasteiger partial charge in [-0.3, -0.25) is 0 Å². The number of ether oxygens (including phenoxy) is 1. The van der Waals surface area contributed by atoms with E-state index in [1.54, 1.807) is 0 Å². The van der Waals surface area contributed by atoms with Crippen LogP contribution >= 0.6 is 0 Å². The van der Waals surface area contributed by atoms with Gasteiger partial charge < -0.3 is 13.6 Å². The molecular formula is C34H70O3Si2. The molecule has 39 heavy (non-hydrogen) atoms. The molecule has 0 rings (SSSR count). The fourth-order valence-corrected chi connectivity index (χ4v) is 13.8. The van der Waals surface area contributed by atoms with Gasteiger partial charge in [0.25, 0.3) is 0 Å². The molecule has 5 heteroatoms. The third-order valence-electron chi connectivity index (χ3n) is 9.45. The van der Waals surface area contributed by atoms with Gasteiger partial charge in [0.15, 0.2) is 8.32 Å². The molecule has 0 N–H and O–H groups in total. The van der Waals surface area contributed by atoms with Crippen molar-refractivity contribution in [3.05, 3.63) is 24.8 Å². The predicted octanol–water partition coefficient (Wildman–Crippen LogP) is 10.9. The molecule has 3 nitrogen and oxygen atoms in total. The number of hydrogen-bond donors (Lipinski definition) is 0. The van der Waals surface area contributed by atoms with Crippen LogP contribution in [-0.4, -0.2) is 42.1 Å². The Morgan fingerprint density at radius 2 is 1.23 bits per heavy atom. The average Bonchev–Trinajstić information content (AvgIpc) is 2.83. The number of hydrogen-bond acceptors (Lipinski definition) is 3. The highest BCUT2D eigenvalue weighted by atomic mass is 28.4. The van der Waals surface area contributed by atoms with Crippen LogP contribution in [0.1, 0.15) is 102 Å². The van der Waals surface area contributed by atoms with Crippen LogP contribution < -0.4 is 0 Å². The minimum absolute atomic E-state index is 0.132. The standard InChI is InChI=1S/C34H70O3Si2/c1-18-19-20-28(9)34(37-38(15,16)17)31(12)33(36-39(24(2)3,25(4)5)26(6)7)22-21-27(8)23-29(10)30(11)32(13)35-14/h18-20,24-34H,1,21-23H2,2-17H3/b20-19-/t27-,28-,29-,30+,31-,32+,33+,34-/m0/s1. The van der Waals surface area contributed by atoms with Crippen molar-refractivity contribution in [1.82, 2.24) is 0 Å². The van der Waals surface area contributed by atoms with Crippen molar-refractivity contribution in [3.8, 4) is 0 Å². The van der Waals surface area contributed by atoms with Gasteiger partial charge in [0.1, 0.15) is 0 Å². The first-order chi connectivity index (χ1) is 17.8. The summed E-state index contributed by atoms with van der Waals surface area (Å²) in [7, 11) is -1.99. The lowest BCUT2D eigenvalue weighted by molar-refractivity contribution is 0.0110. The maximum Gasteiger partial charge on any atom is 0.200 e. The minimum atomic E-state index is -2.05. The summed E-state index contributed by atoms with van der Waals surface area (Å²) >= 11 is 0. The summed E-state index contributed by atoms with van der Waals surface area (Å²) in [6.45, 7) is 39.4. The van der Waals surface area contributed by atoms with Crippen LogP contribution in [0.25, 0.3) is 0 Å². The Bertz CT molecular complexity index is 675. The molecule has 0 aromatic rings. The molecule has 0 aliphatic heterocycles. The van der Waals surface area contributed by atoms with Gasteiger partial charge in [-0.15, -0.1) is 0 Å². The largest absolute Gasteiger partial charge is 0.414 e. The lowest BCUT2D eigenvalue weighted by Gasteiger charge is -2.48. The molecule has 0 saturated carbocycles. The molecule has 0 fully saturated rings. The molecule has 0 aromatic heterocycles. The smallest absolute Gasteiger partial charge is 0.200 e. The molecule has 232 valence electrons. The maximum atomic E-state index is 7.60. The van der Waals surface area contributed by atoms with Crippen molar-refractivity contribution in [2.75, 3.05) is 7.11 Å². The summed E-state index contributed by atoms with van der Waals surface area (Å²) in [6.07, 6.45) is 10.3. The Balaban J connectivity index is 6.28. The normalized spacial score (nSPS) is 19.8. The van der Waals surface area contributed by atoms with Crippen LogP contribution in [0.2, 0.25) is 36.3 Å². The predicted molar refractivity (Wildman–Crippen MR) is 180 cm³/mol. The van der Waals surface area contributed by atoms with Crippen molar-refractivity contribution < 1.29 is 13.6 Å². The average molecular weight is 583 g/mol. The number of rotatable bonds is 20. The second-order valence-electron chi connectivity index (χ2n) is 14.7. The van der Waals surface area contributed by atoms with Gasteiger partial charge in [-0.25, -0.2) is 0 Å². The highest BCUT2D eigenvalue weighted by molar-refractivity contribution is 6.77. The molecule has 0 unspecified atom stereocenters. The van der Waals surface area contributed by atoms with Gasteiger partial charge in [0.05, 0.1) is 18.3 Å². The maximum absolute atomic E-state index is 7.60. The van der Waals surface area contributed by atoms with Gasteiger partial charge >= 0.3 is 0 Å². The molecular weight excluding hydrogens is 513 g/mol. The molecule has 0 radical (unpaired) electrons. The lowest BCUT2D eigenvalue weighted by atomic mass is 9.81. The summed E-state index contributed by atoms with van der Waals surface area (Å²) in [5.41, 5.74) is 1.70. The highest BCUT2D eigenvalue weighted by Crippen LogP contribution is 2.45. The fraction of sp³-hybridized carbons (Fsp3) is 0.882. The first-order valence-electron chi connectivity index (χ1n) is 16.0. The Labute approximate surface area is 248 Å². The fourth-order valence-electron chi connectivity index (χ4n) is 6.87. The van der Waals surface area contributed by atoms with E-state index < -0.39 is 16.6 Å². The minimum Gasteiger partial charge on any atom is -0.414 e. The zero-order valence-corrected chi connectivity index (χ0v) is 31.1. The molecule has 8 atom stereocenters. The second kappa shape index (κ2) is 17.7. The van der Waals surface area contributed by atoms with Crippen molar-refractivity contribution in [2.45, 2.75) is 157 Å². The van der Waals surface area contributed by atoms with Crippen LogP contribution in [0, 0.1) is 29.6 Å². The van der Waals surface area contributed by atoms with Gasteiger partial charge in [-0.05, 0) is 86.1 Å². The van der Waals surface area contributed by atoms with E-state index >= 15 is 0 Å². The van der Waals surface area contributed by atoms with Gasteiger partial charge in [0, 0.05) is 13.0 Å². The van der Waals surface area contributed by atoms with Crippen molar-refractivity contribution in [1.29, 1.82) is 0 Å². The summed E-state index contributed by atoms with van der Waals surface area (Å²) < 4.78 is 20.2. The zero-order chi connectivity index (χ0) is 30.7. The third-order valence-corrected chi connectivity index (χ3v) is 16.6. The van der Waals surface area contributed by atoms with E-state index in [1.165, 1.54) is 12.8 Å². The van der Waals surface area contributed by atoms with E-state index in [2.05, 4.69) is 121 Å². The molecule has 0 amide bonds. The summed E-state index contributed by atoms with van der Waals surface area (Å²) in [5.74, 6) is 2.44. The Morgan fingerprint density at radius 3 is 1.64 bits per heavy atom.